The van der Waals surface area contributed by atoms with E-state index in [4.69, 9.17) is 32.9 Å². The molecule has 0 spiro atoms. The highest BCUT2D eigenvalue weighted by Gasteiger charge is 2.31. The molecule has 120 valence electrons. The summed E-state index contributed by atoms with van der Waals surface area (Å²) in [6.45, 7) is 0.152. The lowest BCUT2D eigenvalue weighted by molar-refractivity contribution is -0.573. The van der Waals surface area contributed by atoms with E-state index in [1.54, 1.807) is 12.1 Å². The van der Waals surface area contributed by atoms with Gasteiger partial charge in [0.15, 0.2) is 0 Å². The fourth-order valence-corrected chi connectivity index (χ4v) is 1.00. The lowest BCUT2D eigenvalue weighted by Gasteiger charge is -2.25. The lowest BCUT2D eigenvalue weighted by Crippen LogP contribution is -2.60. The monoisotopic (exact) mass is 306 g/mol. The second-order valence-corrected chi connectivity index (χ2v) is 3.77. The molecule has 0 aliphatic carbocycles. The molecule has 1 rings (SSSR count). The molecule has 9 N–H and O–H groups in total. The third kappa shape index (κ3) is 7.84. The number of hydrogen-bond acceptors (Lipinski definition) is 11. The fourth-order valence-electron chi connectivity index (χ4n) is 1.00. The first-order valence-corrected chi connectivity index (χ1v) is 5.68. The molecule has 0 bridgehead atoms. The van der Waals surface area contributed by atoms with Crippen LogP contribution in [0.4, 0.5) is 0 Å². The zero-order valence-electron chi connectivity index (χ0n) is 11.0. The average Bonchev–Trinajstić information content (AvgIpc) is 2.46. The highest BCUT2D eigenvalue weighted by atomic mass is 17.4. The first-order chi connectivity index (χ1) is 9.85. The normalized spacial score (nSPS) is 12.4. The van der Waals surface area contributed by atoms with Crippen LogP contribution >= 0.6 is 0 Å². The van der Waals surface area contributed by atoms with Gasteiger partial charge in [0.25, 0.3) is 0 Å². The maximum atomic E-state index is 8.22. The topological polar surface area (TPSA) is 180 Å². The number of nitrogens with two attached hydrogens (primary N) is 4. The van der Waals surface area contributed by atoms with Crippen molar-refractivity contribution in [3.63, 3.8) is 0 Å². The van der Waals surface area contributed by atoms with E-state index in [0.29, 0.717) is 5.75 Å². The summed E-state index contributed by atoms with van der Waals surface area (Å²) in [5.41, 5.74) is 20.5. The number of para-hydroxylation sites is 1. The molecule has 11 heteroatoms. The number of rotatable bonds is 10. The number of hydrogen-bond donors (Lipinski definition) is 5. The van der Waals surface area contributed by atoms with Gasteiger partial charge in [-0.1, -0.05) is 18.2 Å². The van der Waals surface area contributed by atoms with Gasteiger partial charge in [0.2, 0.25) is 0 Å². The van der Waals surface area contributed by atoms with Gasteiger partial charge in [-0.05, 0) is 12.1 Å². The van der Waals surface area contributed by atoms with Crippen LogP contribution in [0.1, 0.15) is 0 Å². The van der Waals surface area contributed by atoms with E-state index < -0.39 is 12.1 Å². The molecule has 0 aliphatic rings. The first-order valence-electron chi connectivity index (χ1n) is 5.68. The molecule has 11 nitrogen and oxygen atoms in total. The predicted molar refractivity (Wildman–Crippen MR) is 67.1 cm³/mol. The fraction of sp³-hybridized carbons (Fsp3) is 0.400. The Hall–Kier alpha value is -1.38. The van der Waals surface area contributed by atoms with Gasteiger partial charge in [0.05, 0.1) is 0 Å². The van der Waals surface area contributed by atoms with Crippen molar-refractivity contribution in [3.8, 4) is 5.75 Å². The van der Waals surface area contributed by atoms with Gasteiger partial charge in [0.1, 0.15) is 19.0 Å². The van der Waals surface area contributed by atoms with Crippen molar-refractivity contribution >= 4 is 0 Å². The predicted octanol–water partition coefficient (Wildman–Crippen LogP) is -1.49. The third-order valence-corrected chi connectivity index (χ3v) is 1.81. The molecule has 0 saturated heterocycles. The summed E-state index contributed by atoms with van der Waals surface area (Å²) in [6.07, 6.45) is 0. The van der Waals surface area contributed by atoms with E-state index >= 15 is 0 Å². The molecule has 1 aromatic carbocycles. The summed E-state index contributed by atoms with van der Waals surface area (Å²) in [5, 5.41) is 8.22. The smallest absolute Gasteiger partial charge is 0.343 e. The van der Waals surface area contributed by atoms with Crippen molar-refractivity contribution in [1.82, 2.24) is 0 Å². The van der Waals surface area contributed by atoms with Crippen molar-refractivity contribution in [1.29, 1.82) is 0 Å². The van der Waals surface area contributed by atoms with Crippen LogP contribution in [0.5, 0.6) is 5.75 Å². The summed E-state index contributed by atoms with van der Waals surface area (Å²) in [7, 11) is 0. The van der Waals surface area contributed by atoms with Crippen molar-refractivity contribution in [2.24, 2.45) is 22.9 Å². The Morgan fingerprint density at radius 3 is 2.10 bits per heavy atom. The van der Waals surface area contributed by atoms with Crippen molar-refractivity contribution < 1.29 is 34.4 Å². The minimum absolute atomic E-state index is 0.0126. The molecule has 0 fully saturated rings. The van der Waals surface area contributed by atoms with Gasteiger partial charge in [0, 0.05) is 0 Å². The van der Waals surface area contributed by atoms with Gasteiger partial charge < -0.3 is 4.74 Å². The third-order valence-electron chi connectivity index (χ3n) is 1.81. The molecule has 0 aliphatic heterocycles. The summed E-state index contributed by atoms with van der Waals surface area (Å²) < 4.78 is 5.30. The van der Waals surface area contributed by atoms with Crippen LogP contribution in [-0.2, 0) is 24.4 Å². The quantitative estimate of drug-likeness (QED) is 0.147. The van der Waals surface area contributed by atoms with E-state index in [2.05, 4.69) is 24.4 Å². The second kappa shape index (κ2) is 8.16. The molecule has 0 amide bonds. The number of benzene rings is 1. The van der Waals surface area contributed by atoms with Crippen molar-refractivity contribution in [2.75, 3.05) is 13.2 Å². The molecule has 0 radical (unpaired) electrons. The Kier molecular flexibility index (Phi) is 6.86. The Morgan fingerprint density at radius 2 is 1.48 bits per heavy atom. The zero-order valence-corrected chi connectivity index (χ0v) is 11.0. The minimum atomic E-state index is -2.47. The molecule has 0 saturated carbocycles. The second-order valence-electron chi connectivity index (χ2n) is 3.77. The van der Waals surface area contributed by atoms with Crippen LogP contribution in [-0.4, -0.2) is 30.5 Å². The summed E-state index contributed by atoms with van der Waals surface area (Å²) in [6, 6.07) is 4.22. The molecule has 1 aromatic rings. The zero-order chi connectivity index (χ0) is 15.8. The van der Waals surface area contributed by atoms with Crippen LogP contribution in [0.25, 0.3) is 0 Å². The molecule has 21 heavy (non-hydrogen) atoms. The first kappa shape index (κ1) is 17.7. The maximum absolute atomic E-state index is 8.22. The minimum Gasteiger partial charge on any atom is -0.491 e. The van der Waals surface area contributed by atoms with E-state index in [9.17, 15) is 0 Å². The maximum Gasteiger partial charge on any atom is 0.343 e. The van der Waals surface area contributed by atoms with Crippen LogP contribution in [0.15, 0.2) is 30.3 Å². The van der Waals surface area contributed by atoms with Crippen LogP contribution in [0, 0.1) is 0 Å². The molecule has 0 heterocycles. The van der Waals surface area contributed by atoms with Gasteiger partial charge in [-0.2, -0.15) is 19.6 Å². The molecular weight excluding hydrogens is 288 g/mol. The number of ether oxygens (including phenoxy) is 1. The van der Waals surface area contributed by atoms with E-state index in [1.807, 2.05) is 18.2 Å². The van der Waals surface area contributed by atoms with Crippen LogP contribution in [0.2, 0.25) is 0 Å². The summed E-state index contributed by atoms with van der Waals surface area (Å²) in [4.78, 5) is 21.1. The largest absolute Gasteiger partial charge is 0.491 e. The highest BCUT2D eigenvalue weighted by molar-refractivity contribution is 5.20. The van der Waals surface area contributed by atoms with Gasteiger partial charge in [-0.15, -0.1) is 0 Å². The SMILES string of the molecule is NC(N)(OO)OOC(N)(N)OOCCOc1ccccc1. The van der Waals surface area contributed by atoms with Gasteiger partial charge in [-0.3, -0.25) is 22.9 Å². The lowest BCUT2D eigenvalue weighted by atomic mass is 10.3. The Bertz CT molecular complexity index is 404. The summed E-state index contributed by atoms with van der Waals surface area (Å²) in [5.74, 6) is 0.656. The van der Waals surface area contributed by atoms with E-state index in [1.165, 1.54) is 0 Å². The van der Waals surface area contributed by atoms with Crippen molar-refractivity contribution in [3.05, 3.63) is 30.3 Å². The van der Waals surface area contributed by atoms with E-state index in [0.717, 1.165) is 0 Å². The van der Waals surface area contributed by atoms with E-state index in [-0.39, 0.29) is 13.2 Å². The molecule has 0 unspecified atom stereocenters. The summed E-state index contributed by atoms with van der Waals surface area (Å²) >= 11 is 0. The van der Waals surface area contributed by atoms with Gasteiger partial charge in [-0.25, -0.2) is 10.1 Å². The standard InChI is InChI=1S/C10H18N4O7/c11-9(12,18-15)20-21-10(13,14)19-17-7-6-16-8-4-2-1-3-5-8/h1-5,15H,6-7,11-14H2. The van der Waals surface area contributed by atoms with Crippen molar-refractivity contribution in [2.45, 2.75) is 12.1 Å². The molecular formula is C10H18N4O7. The van der Waals surface area contributed by atoms with Gasteiger partial charge >= 0.3 is 12.1 Å². The van der Waals surface area contributed by atoms with Crippen LogP contribution < -0.4 is 27.7 Å². The molecule has 0 atom stereocenters. The average molecular weight is 306 g/mol. The highest BCUT2D eigenvalue weighted by Crippen LogP contribution is 2.08. The molecule has 0 aromatic heterocycles. The Morgan fingerprint density at radius 1 is 0.857 bits per heavy atom. The van der Waals surface area contributed by atoms with Crippen LogP contribution in [0.3, 0.4) is 0 Å². The Balaban J connectivity index is 2.16. The Labute approximate surface area is 120 Å².